The van der Waals surface area contributed by atoms with E-state index in [1.54, 1.807) is 12.1 Å². The summed E-state index contributed by atoms with van der Waals surface area (Å²) in [6.45, 7) is 4.91. The van der Waals surface area contributed by atoms with Crippen LogP contribution in [0.2, 0.25) is 5.02 Å². The molecule has 4 N–H and O–H groups in total. The number of aromatic nitrogens is 3. The van der Waals surface area contributed by atoms with E-state index in [1.165, 1.54) is 16.7 Å². The topological polar surface area (TPSA) is 121 Å². The molecule has 1 aromatic carbocycles. The third-order valence-electron chi connectivity index (χ3n) is 5.68. The van der Waals surface area contributed by atoms with Crippen LogP contribution in [0, 0.1) is 38.5 Å². The molecule has 5 rings (SSSR count). The van der Waals surface area contributed by atoms with Gasteiger partial charge in [0, 0.05) is 86.2 Å². The minimum absolute atomic E-state index is 0. The molecule has 3 aromatic rings. The number of allylic oxidation sites excluding steroid dienone is 1. The van der Waals surface area contributed by atoms with Gasteiger partial charge in [-0.3, -0.25) is 4.98 Å². The Morgan fingerprint density at radius 1 is 1.34 bits per heavy atom. The van der Waals surface area contributed by atoms with E-state index in [1.807, 2.05) is 18.5 Å². The van der Waals surface area contributed by atoms with Gasteiger partial charge in [-0.2, -0.15) is 0 Å². The summed E-state index contributed by atoms with van der Waals surface area (Å²) >= 11 is 6.06. The smallest absolute Gasteiger partial charge is 0.402 e. The van der Waals surface area contributed by atoms with Crippen molar-refractivity contribution in [1.82, 2.24) is 14.6 Å². The van der Waals surface area contributed by atoms with Crippen LogP contribution >= 0.6 is 11.6 Å². The molecule has 0 saturated heterocycles. The number of nitrogens with two attached hydrogens (primary N) is 1. The molecule has 11 heteroatoms. The van der Waals surface area contributed by atoms with Gasteiger partial charge < -0.3 is 33.7 Å². The van der Waals surface area contributed by atoms with Crippen molar-refractivity contribution in [2.45, 2.75) is 31.2 Å². The molecule has 1 spiro atoms. The van der Waals surface area contributed by atoms with E-state index in [0.29, 0.717) is 17.4 Å². The largest absolute Gasteiger partial charge is 0.630 e. The number of carboxylic acid groups (broad SMARTS) is 1. The first kappa shape index (κ1) is 28.9. The zero-order chi connectivity index (χ0) is 20.8. The van der Waals surface area contributed by atoms with E-state index < -0.39 is 6.09 Å². The zero-order valence-corrected chi connectivity index (χ0v) is 25.4. The third-order valence-corrected chi connectivity index (χ3v) is 5.91. The summed E-state index contributed by atoms with van der Waals surface area (Å²) in [4.78, 5) is 19.9. The molecule has 0 bridgehead atoms. The van der Waals surface area contributed by atoms with Gasteiger partial charge in [0.15, 0.2) is 0 Å². The number of primary amides is 1. The van der Waals surface area contributed by atoms with Gasteiger partial charge in [0.05, 0.1) is 29.5 Å². The number of carbonyl (C=O) groups is 1. The van der Waals surface area contributed by atoms with Crippen LogP contribution in [0.25, 0.3) is 16.9 Å². The van der Waals surface area contributed by atoms with Crippen LogP contribution in [0.4, 0.5) is 10.5 Å². The van der Waals surface area contributed by atoms with Crippen LogP contribution in [0.1, 0.15) is 30.7 Å². The van der Waals surface area contributed by atoms with Crippen LogP contribution in [0.15, 0.2) is 48.9 Å². The molecule has 0 unspecified atom stereocenters. The van der Waals surface area contributed by atoms with Crippen LogP contribution in [-0.4, -0.2) is 25.8 Å². The molecule has 1 fully saturated rings. The normalized spacial score (nSPS) is 14.8. The molecule has 2 aliphatic rings. The second-order valence-electron chi connectivity index (χ2n) is 7.20. The molecule has 165 valence electrons. The Labute approximate surface area is 241 Å². The zero-order valence-electron chi connectivity index (χ0n) is 17.7. The van der Waals surface area contributed by atoms with E-state index in [2.05, 4.69) is 33.2 Å². The Kier molecular flexibility index (Phi) is 10.3. The van der Waals surface area contributed by atoms with Gasteiger partial charge in [-0.15, -0.1) is 0 Å². The number of anilines is 1. The summed E-state index contributed by atoms with van der Waals surface area (Å²) in [5.74, 6) is 9.07. The van der Waals surface area contributed by atoms with Crippen LogP contribution < -0.4 is 10.6 Å². The second kappa shape index (κ2) is 11.4. The number of fused-ring (bicyclic) bond motifs is 3. The summed E-state index contributed by atoms with van der Waals surface area (Å²) in [5.41, 5.74) is 9.10. The van der Waals surface area contributed by atoms with Gasteiger partial charge in [-0.05, 0) is 42.7 Å². The Morgan fingerprint density at radius 2 is 2.00 bits per heavy atom. The Hall–Kier alpha value is -1.10. The van der Waals surface area contributed by atoms with Gasteiger partial charge in [0.1, 0.15) is 5.82 Å². The SMILES string of the molecule is C=C1N(Cc2nc3cc(Cl)ccc3n2[NH-])c2cnccc2C12CCC2.NC(=O)O.[CH3-].[U].[Y]. The van der Waals surface area contributed by atoms with E-state index in [-0.39, 0.29) is 76.7 Å². The van der Waals surface area contributed by atoms with Crippen LogP contribution in [0.3, 0.4) is 0 Å². The summed E-state index contributed by atoms with van der Waals surface area (Å²) in [6, 6.07) is 7.54. The maximum absolute atomic E-state index is 8.78. The number of benzene rings is 1. The molecule has 1 aliphatic carbocycles. The Balaban J connectivity index is 0.000000680. The number of halogens is 1. The molecule has 0 atom stereocenters. The van der Waals surface area contributed by atoms with E-state index in [4.69, 9.17) is 27.3 Å². The number of nitrogens with one attached hydrogen (secondary N) is 1. The van der Waals surface area contributed by atoms with Gasteiger partial charge in [0.2, 0.25) is 0 Å². The predicted octanol–water partition coefficient (Wildman–Crippen LogP) is 4.93. The summed E-state index contributed by atoms with van der Waals surface area (Å²) in [6.07, 6.45) is 5.92. The molecule has 1 amide bonds. The minimum atomic E-state index is -1.33. The Bertz CT molecular complexity index is 1130. The van der Waals surface area contributed by atoms with Crippen LogP contribution in [-0.2, 0) is 44.7 Å². The molecule has 32 heavy (non-hydrogen) atoms. The van der Waals surface area contributed by atoms with Crippen molar-refractivity contribution in [2.75, 3.05) is 4.90 Å². The maximum Gasteiger partial charge on any atom is 0.402 e. The maximum atomic E-state index is 8.78. The summed E-state index contributed by atoms with van der Waals surface area (Å²) in [5, 5.41) is 7.82. The molecule has 2 aromatic heterocycles. The first-order valence-corrected chi connectivity index (χ1v) is 9.49. The monoisotopic (exact) mass is 753 g/mol. The molecule has 8 nitrogen and oxygen atoms in total. The van der Waals surface area contributed by atoms with Gasteiger partial charge in [0.25, 0.3) is 0 Å². The molecule has 1 saturated carbocycles. The van der Waals surface area contributed by atoms with Crippen molar-refractivity contribution < 1.29 is 73.7 Å². The third kappa shape index (κ3) is 5.02. The average molecular weight is 754 g/mol. The summed E-state index contributed by atoms with van der Waals surface area (Å²) < 4.78 is 1.39. The molecular formula is C21H23ClN6O2UY-2. The number of hydrogen-bond donors (Lipinski definition) is 2. The van der Waals surface area contributed by atoms with Crippen LogP contribution in [0.5, 0.6) is 0 Å². The minimum Gasteiger partial charge on any atom is -0.630 e. The number of imidazole rings is 1. The number of amides is 1. The molecule has 1 radical (unpaired) electrons. The van der Waals surface area contributed by atoms with E-state index in [9.17, 15) is 0 Å². The first-order valence-electron chi connectivity index (χ1n) is 9.12. The van der Waals surface area contributed by atoms with Crippen molar-refractivity contribution in [2.24, 2.45) is 5.73 Å². The van der Waals surface area contributed by atoms with E-state index >= 15 is 0 Å². The van der Waals surface area contributed by atoms with Gasteiger partial charge in [-0.1, -0.05) is 24.6 Å². The predicted molar refractivity (Wildman–Crippen MR) is 118 cm³/mol. The fourth-order valence-corrected chi connectivity index (χ4v) is 4.35. The van der Waals surface area contributed by atoms with Gasteiger partial charge in [-0.25, -0.2) is 9.78 Å². The quantitative estimate of drug-likeness (QED) is 0.360. The number of rotatable bonds is 2. The van der Waals surface area contributed by atoms with Crippen molar-refractivity contribution in [3.8, 4) is 0 Å². The fourth-order valence-electron chi connectivity index (χ4n) is 4.18. The van der Waals surface area contributed by atoms with Gasteiger partial charge >= 0.3 is 6.09 Å². The van der Waals surface area contributed by atoms with Crippen molar-refractivity contribution >= 4 is 34.4 Å². The first-order chi connectivity index (χ1) is 13.8. The average Bonchev–Trinajstić information content (AvgIpc) is 3.07. The van der Waals surface area contributed by atoms with E-state index in [0.717, 1.165) is 35.3 Å². The number of nitrogens with zero attached hydrogens (tertiary/aromatic N) is 4. The molecule has 1 aliphatic heterocycles. The summed E-state index contributed by atoms with van der Waals surface area (Å²) in [7, 11) is 0. The molecule has 3 heterocycles. The second-order valence-corrected chi connectivity index (χ2v) is 7.63. The Morgan fingerprint density at radius 3 is 2.59 bits per heavy atom. The molecular weight excluding hydrogens is 731 g/mol. The number of pyridine rings is 1. The number of hydrogen-bond acceptors (Lipinski definition) is 4. The standard InChI is InChI=1S/C19H17ClN5.CH3NO2.CH3.U.Y/c1-12-19(6-2-7-19)14-5-8-22-10-17(14)24(12)11-18-23-15-9-13(20)3-4-16(15)25(18)21;2-1(3)4;;;/h3-5,8-10,21H,1-2,6-7,11H2;2H2,(H,3,4);1H3;;/q-1;;-1;;. The van der Waals surface area contributed by atoms with Crippen molar-refractivity contribution in [3.05, 3.63) is 78.6 Å². The van der Waals surface area contributed by atoms with Crippen molar-refractivity contribution in [1.29, 1.82) is 0 Å². The van der Waals surface area contributed by atoms with Crippen molar-refractivity contribution in [3.63, 3.8) is 0 Å². The fraction of sp³-hybridized carbons (Fsp3) is 0.238.